The van der Waals surface area contributed by atoms with Crippen LogP contribution in [0, 0.1) is 18.6 Å². The Bertz CT molecular complexity index is 1440. The topological polar surface area (TPSA) is 93.3 Å². The number of rotatable bonds is 8. The van der Waals surface area contributed by atoms with E-state index in [4.69, 9.17) is 9.47 Å². The summed E-state index contributed by atoms with van der Waals surface area (Å²) in [7, 11) is 1.58. The number of halogens is 2. The van der Waals surface area contributed by atoms with Gasteiger partial charge in [0.15, 0.2) is 17.4 Å². The van der Waals surface area contributed by atoms with Crippen LogP contribution in [0.15, 0.2) is 59.4 Å². The Labute approximate surface area is 199 Å². The number of amides is 1. The van der Waals surface area contributed by atoms with Crippen molar-refractivity contribution in [1.29, 1.82) is 0 Å². The molecule has 0 aliphatic carbocycles. The van der Waals surface area contributed by atoms with Crippen molar-refractivity contribution in [2.75, 3.05) is 13.7 Å². The minimum Gasteiger partial charge on any atom is -0.497 e. The molecule has 4 rings (SSSR count). The molecule has 0 spiro atoms. The van der Waals surface area contributed by atoms with Gasteiger partial charge in [-0.2, -0.15) is 0 Å². The van der Waals surface area contributed by atoms with Crippen LogP contribution in [0.4, 0.5) is 8.78 Å². The SMILES string of the molecule is COc1ccc(CCOc2c(F)ccc3nc(C(=O)NCc4ccc(F)c(C)c4)[nH]c(=O)c23)cc1. The molecule has 0 aliphatic rings. The molecule has 0 fully saturated rings. The van der Waals surface area contributed by atoms with E-state index in [0.717, 1.165) is 17.4 Å². The highest BCUT2D eigenvalue weighted by molar-refractivity contribution is 5.93. The Hall–Kier alpha value is -4.27. The fraction of sp³-hybridized carbons (Fsp3) is 0.192. The van der Waals surface area contributed by atoms with Gasteiger partial charge in [0.1, 0.15) is 17.0 Å². The van der Waals surface area contributed by atoms with E-state index in [2.05, 4.69) is 15.3 Å². The van der Waals surface area contributed by atoms with Crippen LogP contribution < -0.4 is 20.3 Å². The van der Waals surface area contributed by atoms with Crippen LogP contribution in [0.3, 0.4) is 0 Å². The number of nitrogens with zero attached hydrogens (tertiary/aromatic N) is 1. The number of hydrogen-bond acceptors (Lipinski definition) is 5. The first-order valence-corrected chi connectivity index (χ1v) is 10.9. The molecule has 0 radical (unpaired) electrons. The second kappa shape index (κ2) is 10.3. The first kappa shape index (κ1) is 23.9. The molecule has 0 atom stereocenters. The third-order valence-electron chi connectivity index (χ3n) is 5.47. The molecule has 1 amide bonds. The first-order chi connectivity index (χ1) is 16.9. The number of carbonyl (C=O) groups is 1. The van der Waals surface area contributed by atoms with E-state index in [0.29, 0.717) is 17.5 Å². The van der Waals surface area contributed by atoms with Crippen molar-refractivity contribution >= 4 is 16.8 Å². The monoisotopic (exact) mass is 479 g/mol. The molecule has 1 heterocycles. The van der Waals surface area contributed by atoms with Crippen LogP contribution >= 0.6 is 0 Å². The van der Waals surface area contributed by atoms with Crippen LogP contribution in [0.2, 0.25) is 0 Å². The zero-order chi connectivity index (χ0) is 24.9. The largest absolute Gasteiger partial charge is 0.497 e. The van der Waals surface area contributed by atoms with Crippen molar-refractivity contribution in [2.24, 2.45) is 0 Å². The maximum Gasteiger partial charge on any atom is 0.287 e. The first-order valence-electron chi connectivity index (χ1n) is 10.9. The third kappa shape index (κ3) is 5.46. The number of aryl methyl sites for hydroxylation is 1. The van der Waals surface area contributed by atoms with E-state index in [1.54, 1.807) is 26.2 Å². The molecule has 35 heavy (non-hydrogen) atoms. The van der Waals surface area contributed by atoms with Gasteiger partial charge in [-0.25, -0.2) is 13.8 Å². The summed E-state index contributed by atoms with van der Waals surface area (Å²) in [6.07, 6.45) is 0.481. The third-order valence-corrected chi connectivity index (χ3v) is 5.47. The minimum absolute atomic E-state index is 0.0783. The molecule has 4 aromatic rings. The lowest BCUT2D eigenvalue weighted by atomic mass is 10.1. The Balaban J connectivity index is 1.50. The number of aromatic nitrogens is 2. The van der Waals surface area contributed by atoms with Gasteiger partial charge >= 0.3 is 0 Å². The van der Waals surface area contributed by atoms with Gasteiger partial charge in [0.05, 0.1) is 19.2 Å². The van der Waals surface area contributed by atoms with E-state index in [9.17, 15) is 18.4 Å². The van der Waals surface area contributed by atoms with Gasteiger partial charge in [-0.1, -0.05) is 24.3 Å². The number of carbonyl (C=O) groups excluding carboxylic acids is 1. The van der Waals surface area contributed by atoms with Crippen LogP contribution in [0.1, 0.15) is 27.3 Å². The average Bonchev–Trinajstić information content (AvgIpc) is 2.86. The number of fused-ring (bicyclic) bond motifs is 1. The summed E-state index contributed by atoms with van der Waals surface area (Å²) in [5.41, 5.74) is 1.52. The van der Waals surface area contributed by atoms with Crippen molar-refractivity contribution in [3.05, 3.63) is 99.1 Å². The van der Waals surface area contributed by atoms with Crippen molar-refractivity contribution in [3.63, 3.8) is 0 Å². The summed E-state index contributed by atoms with van der Waals surface area (Å²) in [6.45, 7) is 1.87. The Morgan fingerprint density at radius 3 is 2.46 bits per heavy atom. The highest BCUT2D eigenvalue weighted by Crippen LogP contribution is 2.25. The minimum atomic E-state index is -0.705. The maximum atomic E-state index is 14.5. The Morgan fingerprint density at radius 2 is 1.74 bits per heavy atom. The molecule has 1 aromatic heterocycles. The summed E-state index contributed by atoms with van der Waals surface area (Å²) < 4.78 is 38.7. The molecule has 180 valence electrons. The van der Waals surface area contributed by atoms with Crippen LogP contribution in [-0.4, -0.2) is 29.6 Å². The predicted molar refractivity (Wildman–Crippen MR) is 127 cm³/mol. The fourth-order valence-corrected chi connectivity index (χ4v) is 3.57. The van der Waals surface area contributed by atoms with Gasteiger partial charge in [0.2, 0.25) is 0 Å². The van der Waals surface area contributed by atoms with E-state index in [-0.39, 0.29) is 41.4 Å². The molecule has 3 aromatic carbocycles. The van der Waals surface area contributed by atoms with Gasteiger partial charge < -0.3 is 19.8 Å². The van der Waals surface area contributed by atoms with Crippen LogP contribution in [0.5, 0.6) is 11.5 Å². The molecule has 0 unspecified atom stereocenters. The quantitative estimate of drug-likeness (QED) is 0.398. The Morgan fingerprint density at radius 1 is 1.03 bits per heavy atom. The maximum absolute atomic E-state index is 14.5. The number of benzene rings is 3. The molecule has 2 N–H and O–H groups in total. The van der Waals surface area contributed by atoms with Crippen LogP contribution in [-0.2, 0) is 13.0 Å². The summed E-state index contributed by atoms with van der Waals surface area (Å²) in [6, 6.07) is 14.3. The summed E-state index contributed by atoms with van der Waals surface area (Å²) >= 11 is 0. The zero-order valence-electron chi connectivity index (χ0n) is 19.2. The summed E-state index contributed by atoms with van der Waals surface area (Å²) in [5.74, 6) is -1.40. The number of hydrogen-bond donors (Lipinski definition) is 2. The second-order valence-corrected chi connectivity index (χ2v) is 7.90. The van der Waals surface area contributed by atoms with E-state index in [1.807, 2.05) is 24.3 Å². The molecular formula is C26H23F2N3O4. The average molecular weight is 479 g/mol. The normalized spacial score (nSPS) is 10.9. The number of H-pyrrole nitrogens is 1. The molecule has 0 saturated heterocycles. The standard InChI is InChI=1S/C26H23F2N3O4/c1-15-13-17(5-8-19(15)27)14-29-26(33)24-30-21-10-9-20(28)23(22(21)25(32)31-24)35-12-11-16-3-6-18(34-2)7-4-16/h3-10,13H,11-12,14H2,1-2H3,(H,29,33)(H,30,31,32). The summed E-state index contributed by atoms with van der Waals surface area (Å²) in [5, 5.41) is 2.55. The number of ether oxygens (including phenoxy) is 2. The van der Waals surface area contributed by atoms with Gasteiger partial charge in [-0.05, 0) is 53.9 Å². The van der Waals surface area contributed by atoms with Crippen molar-refractivity contribution in [1.82, 2.24) is 15.3 Å². The molecule has 7 nitrogen and oxygen atoms in total. The lowest BCUT2D eigenvalue weighted by molar-refractivity contribution is 0.0940. The highest BCUT2D eigenvalue weighted by atomic mass is 19.1. The Kier molecular flexibility index (Phi) is 7.05. The van der Waals surface area contributed by atoms with Gasteiger partial charge in [-0.3, -0.25) is 9.59 Å². The predicted octanol–water partition coefficient (Wildman–Crippen LogP) is 4.07. The van der Waals surface area contributed by atoms with Gasteiger partial charge in [0, 0.05) is 13.0 Å². The summed E-state index contributed by atoms with van der Waals surface area (Å²) in [4.78, 5) is 31.9. The van der Waals surface area contributed by atoms with Crippen molar-refractivity contribution in [2.45, 2.75) is 19.9 Å². The lowest BCUT2D eigenvalue weighted by Crippen LogP contribution is -2.27. The van der Waals surface area contributed by atoms with E-state index >= 15 is 0 Å². The van der Waals surface area contributed by atoms with Gasteiger partial charge in [-0.15, -0.1) is 0 Å². The van der Waals surface area contributed by atoms with E-state index in [1.165, 1.54) is 12.1 Å². The van der Waals surface area contributed by atoms with Gasteiger partial charge in [0.25, 0.3) is 11.5 Å². The van der Waals surface area contributed by atoms with E-state index < -0.39 is 17.3 Å². The highest BCUT2D eigenvalue weighted by Gasteiger charge is 2.17. The van der Waals surface area contributed by atoms with Crippen molar-refractivity contribution < 1.29 is 23.0 Å². The second-order valence-electron chi connectivity index (χ2n) is 7.90. The number of nitrogens with one attached hydrogen (secondary N) is 2. The molecule has 0 bridgehead atoms. The molecule has 0 aliphatic heterocycles. The molecule has 0 saturated carbocycles. The smallest absolute Gasteiger partial charge is 0.287 e. The zero-order valence-corrected chi connectivity index (χ0v) is 19.2. The van der Waals surface area contributed by atoms with Crippen molar-refractivity contribution in [3.8, 4) is 11.5 Å². The molecule has 9 heteroatoms. The van der Waals surface area contributed by atoms with Crippen LogP contribution in [0.25, 0.3) is 10.9 Å². The fourth-order valence-electron chi connectivity index (χ4n) is 3.57. The molecular weight excluding hydrogens is 456 g/mol. The lowest BCUT2D eigenvalue weighted by Gasteiger charge is -2.11. The number of methoxy groups -OCH3 is 1. The number of aromatic amines is 1.